The first-order chi connectivity index (χ1) is 1.73. The molecule has 0 aliphatic rings. The predicted molar refractivity (Wildman–Crippen MR) is 2.06 cm³/mol. The van der Waals surface area contributed by atoms with Crippen LogP contribution in [0.1, 0.15) is 0 Å². The van der Waals surface area contributed by atoms with Crippen molar-refractivity contribution in [1.29, 1.82) is 0 Å². The Labute approximate surface area is 37.3 Å². The van der Waals surface area contributed by atoms with Crippen LogP contribution in [0.4, 0.5) is 0 Å². The molecule has 26 valence electrons. The topological polar surface area (TPSA) is 51.2 Å². The van der Waals surface area contributed by atoms with Gasteiger partial charge in [-0.2, -0.15) is 0 Å². The van der Waals surface area contributed by atoms with Crippen LogP contribution in [-0.2, 0) is 3.49 Å². The maximum absolute atomic E-state index is 8.59. The van der Waals surface area contributed by atoms with Crippen molar-refractivity contribution < 1.29 is 37.7 Å². The zero-order valence-electron chi connectivity index (χ0n) is 1.58. The van der Waals surface area contributed by atoms with Gasteiger partial charge >= 0.3 is 37.7 Å². The van der Waals surface area contributed by atoms with Crippen molar-refractivity contribution in [3.63, 3.8) is 0 Å². The zero-order chi connectivity index (χ0) is 3.58. The van der Waals surface area contributed by atoms with Crippen LogP contribution in [0, 0.1) is 34.2 Å². The van der Waals surface area contributed by atoms with E-state index in [0.29, 0.717) is 0 Å². The van der Waals surface area contributed by atoms with E-state index in [-0.39, 0.29) is 0 Å². The molecular formula is GdO3. The van der Waals surface area contributed by atoms with Crippen molar-refractivity contribution in [1.82, 2.24) is 0 Å². The summed E-state index contributed by atoms with van der Waals surface area (Å²) in [6, 6.07) is 0. The summed E-state index contributed by atoms with van der Waals surface area (Å²) >= 11 is -4.15. The molecule has 0 bridgehead atoms. The van der Waals surface area contributed by atoms with E-state index < -0.39 is 34.2 Å². The fourth-order valence-corrected chi connectivity index (χ4v) is 0. The van der Waals surface area contributed by atoms with Gasteiger partial charge in [-0.3, -0.25) is 0 Å². The molecule has 0 saturated heterocycles. The van der Waals surface area contributed by atoms with Gasteiger partial charge in [0, 0.05) is 0 Å². The van der Waals surface area contributed by atoms with Gasteiger partial charge < -0.3 is 0 Å². The summed E-state index contributed by atoms with van der Waals surface area (Å²) in [6.45, 7) is 0. The average Bonchev–Trinajstić information content (AvgIpc) is 0.811. The van der Waals surface area contributed by atoms with E-state index >= 15 is 0 Å². The Balaban J connectivity index is 4.65. The van der Waals surface area contributed by atoms with Gasteiger partial charge in [-0.05, 0) is 0 Å². The molecule has 0 spiro atoms. The molecule has 0 aromatic carbocycles. The molecule has 4 heteroatoms. The van der Waals surface area contributed by atoms with Crippen LogP contribution in [-0.4, -0.2) is 0 Å². The van der Waals surface area contributed by atoms with E-state index in [4.69, 9.17) is 3.49 Å². The van der Waals surface area contributed by atoms with Crippen LogP contribution in [0.3, 0.4) is 0 Å². The first-order valence-electron chi connectivity index (χ1n) is 0.433. The third kappa shape index (κ3) is 15.4. The molecule has 0 aliphatic carbocycles. The second kappa shape index (κ2) is 1.99. The third-order valence-corrected chi connectivity index (χ3v) is 0. The van der Waals surface area contributed by atoms with Crippen LogP contribution < -0.4 is 0 Å². The maximum atomic E-state index is 8.59. The summed E-state index contributed by atoms with van der Waals surface area (Å²) in [5, 5.41) is 0. The first kappa shape index (κ1) is 4.72. The summed E-state index contributed by atoms with van der Waals surface area (Å²) in [6.07, 6.45) is 0. The van der Waals surface area contributed by atoms with Crippen molar-refractivity contribution in [2.45, 2.75) is 0 Å². The molecule has 0 amide bonds. The molecule has 3 nitrogen and oxygen atoms in total. The molecule has 0 aromatic heterocycles. The summed E-state index contributed by atoms with van der Waals surface area (Å²) in [4.78, 5) is 0. The Morgan fingerprint density at radius 3 is 1.00 bits per heavy atom. The summed E-state index contributed by atoms with van der Waals surface area (Å²) < 4.78 is 25.8. The van der Waals surface area contributed by atoms with Crippen molar-refractivity contribution in [2.75, 3.05) is 0 Å². The van der Waals surface area contributed by atoms with E-state index in [1.165, 1.54) is 0 Å². The normalized spacial score (nSPS) is 8.25. The molecule has 0 rings (SSSR count). The van der Waals surface area contributed by atoms with E-state index in [0.717, 1.165) is 0 Å². The SMILES string of the molecule is [O]=[Gd](=[O])=[O]. The molecule has 0 radical (unpaired) electrons. The molecule has 0 aliphatic heterocycles. The molecule has 0 saturated carbocycles. The van der Waals surface area contributed by atoms with Gasteiger partial charge in [0.1, 0.15) is 0 Å². The van der Waals surface area contributed by atoms with Gasteiger partial charge in [0.25, 0.3) is 0 Å². The Kier molecular flexibility index (Phi) is 2.35. The van der Waals surface area contributed by atoms with Crippen LogP contribution in [0.15, 0.2) is 0 Å². The average molecular weight is 205 g/mol. The zero-order valence-corrected chi connectivity index (χ0v) is 3.85. The molecule has 0 atom stereocenters. The molecule has 4 heavy (non-hydrogen) atoms. The standard InChI is InChI=1S/Gd.3O. The second-order valence-corrected chi connectivity index (χ2v) is 1.31. The summed E-state index contributed by atoms with van der Waals surface area (Å²) in [5.41, 5.74) is 0. The fraction of sp³-hybridized carbons (Fsp3) is 0. The number of rotatable bonds is 0. The van der Waals surface area contributed by atoms with Crippen molar-refractivity contribution in [2.24, 2.45) is 0 Å². The summed E-state index contributed by atoms with van der Waals surface area (Å²) in [7, 11) is 0. The van der Waals surface area contributed by atoms with E-state index in [1.807, 2.05) is 0 Å². The summed E-state index contributed by atoms with van der Waals surface area (Å²) in [5.74, 6) is 0. The molecular weight excluding hydrogens is 205 g/mol. The van der Waals surface area contributed by atoms with Crippen molar-refractivity contribution in [3.8, 4) is 0 Å². The van der Waals surface area contributed by atoms with Gasteiger partial charge in [0.2, 0.25) is 0 Å². The third-order valence-electron chi connectivity index (χ3n) is 0. The van der Waals surface area contributed by atoms with Crippen LogP contribution in [0.2, 0.25) is 0 Å². The quantitative estimate of drug-likeness (QED) is 0.543. The molecule has 0 aromatic rings. The Morgan fingerprint density at radius 1 is 1.00 bits per heavy atom. The van der Waals surface area contributed by atoms with Gasteiger partial charge in [0.15, 0.2) is 0 Å². The second-order valence-electron chi connectivity index (χ2n) is 0.177. The van der Waals surface area contributed by atoms with Crippen molar-refractivity contribution >= 4 is 0 Å². The van der Waals surface area contributed by atoms with E-state index in [2.05, 4.69) is 0 Å². The van der Waals surface area contributed by atoms with E-state index in [1.54, 1.807) is 0 Å². The number of hydrogen-bond donors (Lipinski definition) is 0. The van der Waals surface area contributed by atoms with Gasteiger partial charge in [-0.1, -0.05) is 0 Å². The van der Waals surface area contributed by atoms with E-state index in [9.17, 15) is 0 Å². The molecule has 0 heterocycles. The number of hydrogen-bond acceptors (Lipinski definition) is 3. The molecule has 0 fully saturated rings. The predicted octanol–water partition coefficient (Wildman–Crippen LogP) is -0.356. The fourth-order valence-electron chi connectivity index (χ4n) is 0. The minimum atomic E-state index is -4.15. The monoisotopic (exact) mass is 206 g/mol. The molecule has 0 unspecified atom stereocenters. The Hall–Kier alpha value is 0.725. The van der Waals surface area contributed by atoms with Gasteiger partial charge in [-0.25, -0.2) is 0 Å². The minimum absolute atomic E-state index is 4.15. The van der Waals surface area contributed by atoms with Crippen LogP contribution in [0.5, 0.6) is 0 Å². The van der Waals surface area contributed by atoms with Gasteiger partial charge in [-0.15, -0.1) is 0 Å². The van der Waals surface area contributed by atoms with Crippen LogP contribution in [0.25, 0.3) is 0 Å². The first-order valence-corrected chi connectivity index (χ1v) is 3.21. The molecule has 0 N–H and O–H groups in total. The van der Waals surface area contributed by atoms with Crippen LogP contribution >= 0.6 is 0 Å². The van der Waals surface area contributed by atoms with Gasteiger partial charge in [0.05, 0.1) is 0 Å². The Bertz CT molecular complexity index is 72.7. The Morgan fingerprint density at radius 2 is 1.00 bits per heavy atom. The van der Waals surface area contributed by atoms with Crippen molar-refractivity contribution in [3.05, 3.63) is 0 Å².